The Bertz CT molecular complexity index is 230. The molecule has 2 rings (SSSR count). The van der Waals surface area contributed by atoms with Gasteiger partial charge in [0.2, 0.25) is 0 Å². The molecule has 1 unspecified atom stereocenters. The first-order chi connectivity index (χ1) is 5.92. The minimum Gasteiger partial charge on any atom is -0.309 e. The van der Waals surface area contributed by atoms with Gasteiger partial charge in [-0.05, 0) is 25.3 Å². The first-order valence-electron chi connectivity index (χ1n) is 4.42. The number of aromatic nitrogens is 2. The SMILES string of the molecule is CCNC(c1cnsn1)C1CC1. The van der Waals surface area contributed by atoms with Gasteiger partial charge in [-0.1, -0.05) is 6.92 Å². The molecule has 1 aliphatic rings. The molecule has 1 fully saturated rings. The third-order valence-electron chi connectivity index (χ3n) is 2.21. The summed E-state index contributed by atoms with van der Waals surface area (Å²) in [4.78, 5) is 0. The van der Waals surface area contributed by atoms with Crippen molar-refractivity contribution in [3.63, 3.8) is 0 Å². The van der Waals surface area contributed by atoms with Gasteiger partial charge < -0.3 is 5.32 Å². The van der Waals surface area contributed by atoms with Gasteiger partial charge in [0.05, 0.1) is 29.7 Å². The van der Waals surface area contributed by atoms with Crippen LogP contribution in [0.1, 0.15) is 31.5 Å². The molecule has 0 spiro atoms. The number of hydrogen-bond donors (Lipinski definition) is 1. The number of nitrogens with zero attached hydrogens (tertiary/aromatic N) is 2. The molecule has 0 aromatic carbocycles. The van der Waals surface area contributed by atoms with Gasteiger partial charge >= 0.3 is 0 Å². The third-order valence-corrected chi connectivity index (χ3v) is 2.71. The molecule has 0 bridgehead atoms. The summed E-state index contributed by atoms with van der Waals surface area (Å²) >= 11 is 1.30. The molecule has 1 saturated carbocycles. The molecule has 4 heteroatoms. The standard InChI is InChI=1S/C8H13N3S/c1-2-9-8(6-3-4-6)7-5-10-12-11-7/h5-6,8-9H,2-4H2,1H3. The van der Waals surface area contributed by atoms with E-state index in [0.717, 1.165) is 18.2 Å². The lowest BCUT2D eigenvalue weighted by Gasteiger charge is -2.13. The van der Waals surface area contributed by atoms with Crippen LogP contribution in [0.25, 0.3) is 0 Å². The molecule has 0 aliphatic heterocycles. The maximum atomic E-state index is 4.26. The summed E-state index contributed by atoms with van der Waals surface area (Å²) in [5, 5.41) is 3.45. The van der Waals surface area contributed by atoms with Crippen LogP contribution >= 0.6 is 11.7 Å². The van der Waals surface area contributed by atoms with Crippen LogP contribution in [0.2, 0.25) is 0 Å². The van der Waals surface area contributed by atoms with E-state index in [2.05, 4.69) is 21.0 Å². The second kappa shape index (κ2) is 3.49. The third kappa shape index (κ3) is 1.64. The van der Waals surface area contributed by atoms with Gasteiger partial charge in [0.25, 0.3) is 0 Å². The molecular weight excluding hydrogens is 170 g/mol. The molecule has 1 atom stereocenters. The molecule has 66 valence electrons. The van der Waals surface area contributed by atoms with Gasteiger partial charge in [-0.3, -0.25) is 0 Å². The fraction of sp³-hybridized carbons (Fsp3) is 0.750. The summed E-state index contributed by atoms with van der Waals surface area (Å²) in [7, 11) is 0. The molecule has 0 radical (unpaired) electrons. The lowest BCUT2D eigenvalue weighted by atomic mass is 10.1. The van der Waals surface area contributed by atoms with Crippen LogP contribution in [0.15, 0.2) is 6.20 Å². The molecule has 0 saturated heterocycles. The van der Waals surface area contributed by atoms with Crippen molar-refractivity contribution >= 4 is 11.7 Å². The number of rotatable bonds is 4. The van der Waals surface area contributed by atoms with Crippen LogP contribution in [0, 0.1) is 5.92 Å². The Labute approximate surface area is 76.5 Å². The predicted molar refractivity (Wildman–Crippen MR) is 49.1 cm³/mol. The van der Waals surface area contributed by atoms with Crippen LogP contribution in [-0.2, 0) is 0 Å². The normalized spacial score (nSPS) is 19.4. The van der Waals surface area contributed by atoms with Crippen LogP contribution in [0.3, 0.4) is 0 Å². The van der Waals surface area contributed by atoms with Crippen LogP contribution < -0.4 is 5.32 Å². The van der Waals surface area contributed by atoms with Crippen LogP contribution in [0.4, 0.5) is 0 Å². The Kier molecular flexibility index (Phi) is 2.37. The summed E-state index contributed by atoms with van der Waals surface area (Å²) in [5.41, 5.74) is 1.13. The van der Waals surface area contributed by atoms with E-state index in [1.165, 1.54) is 24.6 Å². The maximum absolute atomic E-state index is 4.26. The van der Waals surface area contributed by atoms with E-state index in [1.54, 1.807) is 0 Å². The Balaban J connectivity index is 2.05. The van der Waals surface area contributed by atoms with Gasteiger partial charge in [-0.25, -0.2) is 0 Å². The van der Waals surface area contributed by atoms with E-state index in [9.17, 15) is 0 Å². The summed E-state index contributed by atoms with van der Waals surface area (Å²) < 4.78 is 8.29. The molecule has 1 N–H and O–H groups in total. The first-order valence-corrected chi connectivity index (χ1v) is 5.15. The molecule has 0 amide bonds. The highest BCUT2D eigenvalue weighted by molar-refractivity contribution is 6.99. The molecule has 1 aliphatic carbocycles. The lowest BCUT2D eigenvalue weighted by Crippen LogP contribution is -2.22. The molecular formula is C8H13N3S. The average molecular weight is 183 g/mol. The monoisotopic (exact) mass is 183 g/mol. The van der Waals surface area contributed by atoms with Crippen molar-refractivity contribution in [1.82, 2.24) is 14.1 Å². The minimum absolute atomic E-state index is 0.466. The quantitative estimate of drug-likeness (QED) is 0.770. The van der Waals surface area contributed by atoms with E-state index in [0.29, 0.717) is 6.04 Å². The molecule has 1 aromatic rings. The summed E-state index contributed by atoms with van der Waals surface area (Å²) in [5.74, 6) is 0.814. The zero-order valence-electron chi connectivity index (χ0n) is 7.16. The molecule has 1 aromatic heterocycles. The Morgan fingerprint density at radius 3 is 3.08 bits per heavy atom. The predicted octanol–water partition coefficient (Wildman–Crippen LogP) is 1.60. The first kappa shape index (κ1) is 8.13. The number of hydrogen-bond acceptors (Lipinski definition) is 4. The van der Waals surface area contributed by atoms with Crippen molar-refractivity contribution in [2.24, 2.45) is 5.92 Å². The van der Waals surface area contributed by atoms with E-state index >= 15 is 0 Å². The van der Waals surface area contributed by atoms with Gasteiger partial charge in [0.1, 0.15) is 0 Å². The van der Waals surface area contributed by atoms with E-state index in [1.807, 2.05) is 6.20 Å². The van der Waals surface area contributed by atoms with Crippen molar-refractivity contribution < 1.29 is 0 Å². The molecule has 1 heterocycles. The minimum atomic E-state index is 0.466. The second-order valence-corrected chi connectivity index (χ2v) is 3.76. The van der Waals surface area contributed by atoms with E-state index < -0.39 is 0 Å². The second-order valence-electron chi connectivity index (χ2n) is 3.21. The fourth-order valence-corrected chi connectivity index (χ4v) is 1.93. The summed E-state index contributed by atoms with van der Waals surface area (Å²) in [6.07, 6.45) is 4.57. The Morgan fingerprint density at radius 1 is 1.75 bits per heavy atom. The van der Waals surface area contributed by atoms with Crippen LogP contribution in [0.5, 0.6) is 0 Å². The van der Waals surface area contributed by atoms with Gasteiger partial charge in [-0.15, -0.1) is 0 Å². The lowest BCUT2D eigenvalue weighted by molar-refractivity contribution is 0.487. The van der Waals surface area contributed by atoms with E-state index in [-0.39, 0.29) is 0 Å². The largest absolute Gasteiger partial charge is 0.309 e. The van der Waals surface area contributed by atoms with Crippen molar-refractivity contribution in [1.29, 1.82) is 0 Å². The summed E-state index contributed by atoms with van der Waals surface area (Å²) in [6, 6.07) is 0.466. The van der Waals surface area contributed by atoms with Gasteiger partial charge in [-0.2, -0.15) is 8.75 Å². The molecule has 12 heavy (non-hydrogen) atoms. The zero-order chi connectivity index (χ0) is 8.39. The molecule has 3 nitrogen and oxygen atoms in total. The highest BCUT2D eigenvalue weighted by atomic mass is 32.1. The van der Waals surface area contributed by atoms with Crippen molar-refractivity contribution in [3.05, 3.63) is 11.9 Å². The Morgan fingerprint density at radius 2 is 2.58 bits per heavy atom. The summed E-state index contributed by atoms with van der Waals surface area (Å²) in [6.45, 7) is 3.15. The zero-order valence-corrected chi connectivity index (χ0v) is 7.97. The highest BCUT2D eigenvalue weighted by Crippen LogP contribution is 2.40. The van der Waals surface area contributed by atoms with Gasteiger partial charge in [0.15, 0.2) is 0 Å². The van der Waals surface area contributed by atoms with Crippen LogP contribution in [-0.4, -0.2) is 15.3 Å². The topological polar surface area (TPSA) is 37.8 Å². The van der Waals surface area contributed by atoms with Crippen molar-refractivity contribution in [3.8, 4) is 0 Å². The number of nitrogens with one attached hydrogen (secondary N) is 1. The maximum Gasteiger partial charge on any atom is 0.0915 e. The van der Waals surface area contributed by atoms with Crippen molar-refractivity contribution in [2.75, 3.05) is 6.54 Å². The average Bonchev–Trinajstić information content (AvgIpc) is 2.77. The van der Waals surface area contributed by atoms with E-state index in [4.69, 9.17) is 0 Å². The van der Waals surface area contributed by atoms with Gasteiger partial charge in [0, 0.05) is 0 Å². The fourth-order valence-electron chi connectivity index (χ4n) is 1.47. The van der Waals surface area contributed by atoms with Crippen molar-refractivity contribution in [2.45, 2.75) is 25.8 Å². The smallest absolute Gasteiger partial charge is 0.0915 e. The Hall–Kier alpha value is -0.480. The highest BCUT2D eigenvalue weighted by Gasteiger charge is 2.32.